The predicted molar refractivity (Wildman–Crippen MR) is 69.0 cm³/mol. The summed E-state index contributed by atoms with van der Waals surface area (Å²) in [5.74, 6) is 0.927. The highest BCUT2D eigenvalue weighted by molar-refractivity contribution is 9.18. The van der Waals surface area contributed by atoms with Crippen molar-refractivity contribution in [2.24, 2.45) is 5.16 Å². The molecule has 1 unspecified atom stereocenters. The van der Waals surface area contributed by atoms with Crippen molar-refractivity contribution < 1.29 is 9.36 Å². The topological polar surface area (TPSA) is 86.5 Å². The van der Waals surface area contributed by atoms with Crippen LogP contribution in [0.3, 0.4) is 0 Å². The SMILES string of the molecule is Nc1ccc(-c2noc(C3CC(Br)=NO3)n2)cc1. The Balaban J connectivity index is 1.83. The molecule has 7 heteroatoms. The summed E-state index contributed by atoms with van der Waals surface area (Å²) in [7, 11) is 0. The first kappa shape index (κ1) is 11.2. The fraction of sp³-hybridized carbons (Fsp3) is 0.182. The average molecular weight is 309 g/mol. The Bertz CT molecular complexity index is 593. The van der Waals surface area contributed by atoms with Gasteiger partial charge in [0.25, 0.3) is 5.89 Å². The van der Waals surface area contributed by atoms with E-state index in [1.165, 1.54) is 0 Å². The van der Waals surface area contributed by atoms with Gasteiger partial charge in [0.05, 0.1) is 0 Å². The molecule has 2 aromatic rings. The number of anilines is 1. The maximum atomic E-state index is 5.62. The van der Waals surface area contributed by atoms with Crippen LogP contribution in [0.15, 0.2) is 33.9 Å². The lowest BCUT2D eigenvalue weighted by Gasteiger charge is -1.99. The maximum absolute atomic E-state index is 5.62. The third-order valence-electron chi connectivity index (χ3n) is 2.52. The summed E-state index contributed by atoms with van der Waals surface area (Å²) < 4.78 is 5.91. The lowest BCUT2D eigenvalue weighted by atomic mass is 10.2. The summed E-state index contributed by atoms with van der Waals surface area (Å²) in [5, 5.41) is 7.69. The van der Waals surface area contributed by atoms with Gasteiger partial charge >= 0.3 is 0 Å². The summed E-state index contributed by atoms with van der Waals surface area (Å²) in [5.41, 5.74) is 7.16. The molecule has 0 bridgehead atoms. The normalized spacial score (nSPS) is 18.5. The molecule has 0 aliphatic carbocycles. The molecule has 1 aromatic heterocycles. The van der Waals surface area contributed by atoms with Crippen molar-refractivity contribution in [1.29, 1.82) is 0 Å². The minimum absolute atomic E-state index is 0.311. The highest BCUT2D eigenvalue weighted by Gasteiger charge is 2.27. The van der Waals surface area contributed by atoms with Crippen molar-refractivity contribution in [3.05, 3.63) is 30.2 Å². The van der Waals surface area contributed by atoms with Crippen molar-refractivity contribution in [3.8, 4) is 11.4 Å². The molecule has 0 saturated heterocycles. The van der Waals surface area contributed by atoms with Gasteiger partial charge in [-0.2, -0.15) is 4.98 Å². The van der Waals surface area contributed by atoms with Crippen LogP contribution in [0.5, 0.6) is 0 Å². The average Bonchev–Trinajstić information content (AvgIpc) is 2.98. The number of oxime groups is 1. The summed E-state index contributed by atoms with van der Waals surface area (Å²) >= 11 is 3.26. The number of halogens is 1. The number of rotatable bonds is 2. The number of hydrogen-bond acceptors (Lipinski definition) is 6. The Kier molecular flexibility index (Phi) is 2.75. The van der Waals surface area contributed by atoms with E-state index in [2.05, 4.69) is 31.2 Å². The number of nitrogens with zero attached hydrogens (tertiary/aromatic N) is 3. The van der Waals surface area contributed by atoms with Crippen LogP contribution in [0.2, 0.25) is 0 Å². The van der Waals surface area contributed by atoms with E-state index in [1.807, 2.05) is 12.1 Å². The zero-order valence-electron chi connectivity index (χ0n) is 9.21. The van der Waals surface area contributed by atoms with Gasteiger partial charge < -0.3 is 15.1 Å². The largest absolute Gasteiger partial charge is 0.399 e. The van der Waals surface area contributed by atoms with Gasteiger partial charge in [0.2, 0.25) is 11.9 Å². The zero-order chi connectivity index (χ0) is 12.5. The Morgan fingerprint density at radius 2 is 2.06 bits per heavy atom. The monoisotopic (exact) mass is 308 g/mol. The first-order valence-corrected chi connectivity index (χ1v) is 6.09. The third-order valence-corrected chi connectivity index (χ3v) is 2.99. The summed E-state index contributed by atoms with van der Waals surface area (Å²) in [6.07, 6.45) is 0.290. The number of hydrogen-bond donors (Lipinski definition) is 1. The summed E-state index contributed by atoms with van der Waals surface area (Å²) in [6.45, 7) is 0. The molecule has 0 fully saturated rings. The Hall–Kier alpha value is -1.89. The van der Waals surface area contributed by atoms with Crippen molar-refractivity contribution in [2.75, 3.05) is 5.73 Å². The predicted octanol–water partition coefficient (Wildman–Crippen LogP) is 2.49. The van der Waals surface area contributed by atoms with E-state index < -0.39 is 0 Å². The van der Waals surface area contributed by atoms with Crippen LogP contribution in [0.1, 0.15) is 18.4 Å². The van der Waals surface area contributed by atoms with Crippen LogP contribution in [0, 0.1) is 0 Å². The quantitative estimate of drug-likeness (QED) is 0.861. The number of nitrogens with two attached hydrogens (primary N) is 1. The van der Waals surface area contributed by atoms with Gasteiger partial charge in [-0.1, -0.05) is 10.3 Å². The van der Waals surface area contributed by atoms with Crippen molar-refractivity contribution in [1.82, 2.24) is 10.1 Å². The Morgan fingerprint density at radius 3 is 2.72 bits per heavy atom. The Morgan fingerprint density at radius 1 is 1.28 bits per heavy atom. The van der Waals surface area contributed by atoms with Crippen molar-refractivity contribution in [2.45, 2.75) is 12.5 Å². The van der Waals surface area contributed by atoms with Gasteiger partial charge in [-0.3, -0.25) is 0 Å². The maximum Gasteiger partial charge on any atom is 0.271 e. The zero-order valence-corrected chi connectivity index (χ0v) is 10.8. The van der Waals surface area contributed by atoms with Crippen LogP contribution in [-0.2, 0) is 4.84 Å². The van der Waals surface area contributed by atoms with Gasteiger partial charge in [0, 0.05) is 17.7 Å². The highest BCUT2D eigenvalue weighted by atomic mass is 79.9. The van der Waals surface area contributed by atoms with E-state index in [4.69, 9.17) is 15.1 Å². The number of aromatic nitrogens is 2. The molecule has 0 radical (unpaired) electrons. The molecule has 92 valence electrons. The first-order valence-electron chi connectivity index (χ1n) is 5.30. The second-order valence-electron chi connectivity index (χ2n) is 3.84. The Labute approximate surface area is 111 Å². The lowest BCUT2D eigenvalue weighted by molar-refractivity contribution is 0.0599. The van der Waals surface area contributed by atoms with Gasteiger partial charge in [-0.05, 0) is 40.2 Å². The second-order valence-corrected chi connectivity index (χ2v) is 4.76. The van der Waals surface area contributed by atoms with E-state index in [9.17, 15) is 0 Å². The molecule has 1 atom stereocenters. The fourth-order valence-corrected chi connectivity index (χ4v) is 1.97. The molecule has 0 amide bonds. The minimum atomic E-state index is -0.311. The molecule has 2 heterocycles. The lowest BCUT2D eigenvalue weighted by Crippen LogP contribution is -1.97. The third kappa shape index (κ3) is 2.08. The highest BCUT2D eigenvalue weighted by Crippen LogP contribution is 2.29. The fourth-order valence-electron chi connectivity index (χ4n) is 1.60. The molecular weight excluding hydrogens is 300 g/mol. The molecule has 3 rings (SSSR count). The van der Waals surface area contributed by atoms with Crippen LogP contribution >= 0.6 is 15.9 Å². The van der Waals surface area contributed by atoms with E-state index in [0.29, 0.717) is 23.8 Å². The molecule has 18 heavy (non-hydrogen) atoms. The van der Waals surface area contributed by atoms with E-state index in [0.717, 1.165) is 10.2 Å². The van der Waals surface area contributed by atoms with Gasteiger partial charge in [-0.25, -0.2) is 0 Å². The summed E-state index contributed by atoms with van der Waals surface area (Å²) in [4.78, 5) is 9.43. The smallest absolute Gasteiger partial charge is 0.271 e. The molecular formula is C11H9BrN4O2. The second kappa shape index (κ2) is 4.41. The summed E-state index contributed by atoms with van der Waals surface area (Å²) in [6, 6.07) is 7.26. The first-order chi connectivity index (χ1) is 8.72. The number of nitrogen functional groups attached to an aromatic ring is 1. The molecule has 6 nitrogen and oxygen atoms in total. The van der Waals surface area contributed by atoms with Crippen molar-refractivity contribution in [3.63, 3.8) is 0 Å². The minimum Gasteiger partial charge on any atom is -0.399 e. The van der Waals surface area contributed by atoms with Gasteiger partial charge in [0.1, 0.15) is 4.62 Å². The molecule has 1 aromatic carbocycles. The van der Waals surface area contributed by atoms with E-state index in [1.54, 1.807) is 12.1 Å². The van der Waals surface area contributed by atoms with Crippen LogP contribution < -0.4 is 5.73 Å². The molecule has 0 saturated carbocycles. The number of benzene rings is 1. The molecule has 2 N–H and O–H groups in total. The molecule has 1 aliphatic heterocycles. The van der Waals surface area contributed by atoms with Crippen molar-refractivity contribution >= 4 is 26.2 Å². The molecule has 1 aliphatic rings. The van der Waals surface area contributed by atoms with E-state index in [-0.39, 0.29) is 6.10 Å². The molecule has 0 spiro atoms. The standard InChI is InChI=1S/C11H9BrN4O2/c12-9-5-8(17-15-9)11-14-10(16-18-11)6-1-3-7(13)4-2-6/h1-4,8H,5,13H2. The van der Waals surface area contributed by atoms with Gasteiger partial charge in [-0.15, -0.1) is 0 Å². The van der Waals surface area contributed by atoms with Crippen LogP contribution in [0.4, 0.5) is 5.69 Å². The van der Waals surface area contributed by atoms with Crippen LogP contribution in [0.25, 0.3) is 11.4 Å². The van der Waals surface area contributed by atoms with Crippen LogP contribution in [-0.4, -0.2) is 14.8 Å². The van der Waals surface area contributed by atoms with E-state index >= 15 is 0 Å². The van der Waals surface area contributed by atoms with Gasteiger partial charge in [0.15, 0.2) is 0 Å².